The SMILES string of the molecule is CCCCCCCCC1(CCCCCCCC)C(C)=C(C)c2ccc(C)cc21. The number of hydrogen-bond donors (Lipinski definition) is 0. The van der Waals surface area contributed by atoms with Gasteiger partial charge >= 0.3 is 0 Å². The molecule has 1 aliphatic rings. The van der Waals surface area contributed by atoms with Crippen molar-refractivity contribution in [3.05, 3.63) is 40.5 Å². The van der Waals surface area contributed by atoms with Crippen molar-refractivity contribution in [3.63, 3.8) is 0 Å². The van der Waals surface area contributed by atoms with E-state index in [9.17, 15) is 0 Å². The maximum Gasteiger partial charge on any atom is 0.0171 e. The third-order valence-electron chi connectivity index (χ3n) is 7.29. The van der Waals surface area contributed by atoms with Crippen LogP contribution in [0.2, 0.25) is 0 Å². The Hall–Kier alpha value is -1.04. The van der Waals surface area contributed by atoms with Crippen LogP contribution < -0.4 is 0 Å². The molecular weight excluding hydrogens is 336 g/mol. The van der Waals surface area contributed by atoms with Crippen molar-refractivity contribution in [1.29, 1.82) is 0 Å². The van der Waals surface area contributed by atoms with E-state index in [0.29, 0.717) is 5.41 Å². The van der Waals surface area contributed by atoms with Gasteiger partial charge in [-0.25, -0.2) is 0 Å². The molecule has 0 heteroatoms. The van der Waals surface area contributed by atoms with Gasteiger partial charge in [-0.05, 0) is 50.3 Å². The van der Waals surface area contributed by atoms with Crippen LogP contribution in [0.1, 0.15) is 134 Å². The zero-order chi connectivity index (χ0) is 20.4. The molecule has 1 aromatic rings. The first-order chi connectivity index (χ1) is 13.6. The second kappa shape index (κ2) is 11.8. The van der Waals surface area contributed by atoms with Crippen LogP contribution in [0.15, 0.2) is 23.8 Å². The van der Waals surface area contributed by atoms with E-state index in [2.05, 4.69) is 52.8 Å². The van der Waals surface area contributed by atoms with Gasteiger partial charge in [0.2, 0.25) is 0 Å². The Morgan fingerprint density at radius 3 is 1.68 bits per heavy atom. The minimum absolute atomic E-state index is 0.320. The zero-order valence-electron chi connectivity index (χ0n) is 19.6. The first-order valence-electron chi connectivity index (χ1n) is 12.4. The van der Waals surface area contributed by atoms with Gasteiger partial charge < -0.3 is 0 Å². The Labute approximate surface area is 176 Å². The van der Waals surface area contributed by atoms with E-state index in [4.69, 9.17) is 0 Å². The standard InChI is InChI=1S/C28H46/c1-6-8-10-12-14-16-20-28(21-17-15-13-11-9-7-2)25(5)24(4)26-19-18-23(3)22-27(26)28/h18-19,22H,6-17,20-21H2,1-5H3. The molecule has 0 fully saturated rings. The molecular formula is C28H46. The van der Waals surface area contributed by atoms with E-state index in [1.807, 2.05) is 0 Å². The van der Waals surface area contributed by atoms with Crippen LogP contribution in [-0.2, 0) is 5.41 Å². The van der Waals surface area contributed by atoms with Crippen LogP contribution in [0.25, 0.3) is 5.57 Å². The molecule has 28 heavy (non-hydrogen) atoms. The van der Waals surface area contributed by atoms with Crippen LogP contribution in [0.3, 0.4) is 0 Å². The number of rotatable bonds is 14. The molecule has 0 spiro atoms. The molecule has 0 unspecified atom stereocenters. The van der Waals surface area contributed by atoms with E-state index in [-0.39, 0.29) is 0 Å². The predicted octanol–water partition coefficient (Wildman–Crippen LogP) is 9.54. The predicted molar refractivity (Wildman–Crippen MR) is 127 cm³/mol. The fourth-order valence-corrected chi connectivity index (χ4v) is 5.33. The maximum atomic E-state index is 2.52. The molecule has 0 saturated heterocycles. The number of allylic oxidation sites excluding steroid dienone is 2. The maximum absolute atomic E-state index is 2.52. The van der Waals surface area contributed by atoms with E-state index in [1.165, 1.54) is 95.5 Å². The van der Waals surface area contributed by atoms with E-state index in [0.717, 1.165) is 0 Å². The van der Waals surface area contributed by atoms with Gasteiger partial charge in [0.15, 0.2) is 0 Å². The van der Waals surface area contributed by atoms with Crippen molar-refractivity contribution in [2.75, 3.05) is 0 Å². The van der Waals surface area contributed by atoms with Crippen LogP contribution in [0.4, 0.5) is 0 Å². The second-order valence-electron chi connectivity index (χ2n) is 9.42. The molecule has 0 nitrogen and oxygen atoms in total. The summed E-state index contributed by atoms with van der Waals surface area (Å²) in [6.45, 7) is 11.7. The second-order valence-corrected chi connectivity index (χ2v) is 9.42. The Morgan fingerprint density at radius 2 is 1.14 bits per heavy atom. The molecule has 1 aliphatic carbocycles. The summed E-state index contributed by atoms with van der Waals surface area (Å²) in [6, 6.07) is 7.22. The number of hydrogen-bond acceptors (Lipinski definition) is 0. The first-order valence-corrected chi connectivity index (χ1v) is 12.4. The Morgan fingerprint density at radius 1 is 0.643 bits per heavy atom. The van der Waals surface area contributed by atoms with Gasteiger partial charge in [0.25, 0.3) is 0 Å². The monoisotopic (exact) mass is 382 g/mol. The molecule has 1 aromatic carbocycles. The lowest BCUT2D eigenvalue weighted by molar-refractivity contribution is 0.389. The van der Waals surface area contributed by atoms with E-state index >= 15 is 0 Å². The smallest absolute Gasteiger partial charge is 0.0171 e. The van der Waals surface area contributed by atoms with Crippen LogP contribution in [0.5, 0.6) is 0 Å². The number of aryl methyl sites for hydroxylation is 1. The molecule has 0 aliphatic heterocycles. The Kier molecular flexibility index (Phi) is 9.83. The Bertz CT molecular complexity index is 603. The summed E-state index contributed by atoms with van der Waals surface area (Å²) in [7, 11) is 0. The van der Waals surface area contributed by atoms with Gasteiger partial charge in [-0.15, -0.1) is 0 Å². The van der Waals surface area contributed by atoms with Crippen molar-refractivity contribution in [2.24, 2.45) is 0 Å². The molecule has 0 heterocycles. The minimum Gasteiger partial charge on any atom is -0.0654 e. The average molecular weight is 383 g/mol. The highest BCUT2D eigenvalue weighted by molar-refractivity contribution is 5.79. The van der Waals surface area contributed by atoms with Crippen molar-refractivity contribution in [1.82, 2.24) is 0 Å². The lowest BCUT2D eigenvalue weighted by Gasteiger charge is -2.34. The molecule has 0 bridgehead atoms. The zero-order valence-corrected chi connectivity index (χ0v) is 19.6. The van der Waals surface area contributed by atoms with Gasteiger partial charge in [0.1, 0.15) is 0 Å². The highest BCUT2D eigenvalue weighted by Crippen LogP contribution is 2.52. The fourth-order valence-electron chi connectivity index (χ4n) is 5.33. The van der Waals surface area contributed by atoms with E-state index < -0.39 is 0 Å². The molecule has 0 aromatic heterocycles. The quantitative estimate of drug-likeness (QED) is 0.281. The summed E-state index contributed by atoms with van der Waals surface area (Å²) >= 11 is 0. The van der Waals surface area contributed by atoms with E-state index in [1.54, 1.807) is 22.3 Å². The van der Waals surface area contributed by atoms with Crippen molar-refractivity contribution < 1.29 is 0 Å². The molecule has 0 saturated carbocycles. The fraction of sp³-hybridized carbons (Fsp3) is 0.714. The van der Waals surface area contributed by atoms with Crippen LogP contribution in [-0.4, -0.2) is 0 Å². The van der Waals surface area contributed by atoms with Crippen molar-refractivity contribution >= 4 is 5.57 Å². The number of benzene rings is 1. The summed E-state index contributed by atoms with van der Waals surface area (Å²) in [6.07, 6.45) is 19.5. The highest BCUT2D eigenvalue weighted by atomic mass is 14.4. The lowest BCUT2D eigenvalue weighted by Crippen LogP contribution is -2.26. The first kappa shape index (κ1) is 23.2. The Balaban J connectivity index is 2.09. The molecule has 2 rings (SSSR count). The summed E-state index contributed by atoms with van der Waals surface area (Å²) in [5.41, 5.74) is 8.18. The average Bonchev–Trinajstić information content (AvgIpc) is 2.89. The molecule has 158 valence electrons. The molecule has 0 atom stereocenters. The van der Waals surface area contributed by atoms with Gasteiger partial charge in [-0.1, -0.05) is 120 Å². The summed E-state index contributed by atoms with van der Waals surface area (Å²) in [5, 5.41) is 0. The van der Waals surface area contributed by atoms with Gasteiger partial charge in [0, 0.05) is 5.41 Å². The third-order valence-corrected chi connectivity index (χ3v) is 7.29. The minimum atomic E-state index is 0.320. The van der Waals surface area contributed by atoms with Gasteiger partial charge in [-0.2, -0.15) is 0 Å². The molecule has 0 amide bonds. The van der Waals surface area contributed by atoms with Crippen molar-refractivity contribution in [3.8, 4) is 0 Å². The summed E-state index contributed by atoms with van der Waals surface area (Å²) in [4.78, 5) is 0. The number of fused-ring (bicyclic) bond motifs is 1. The van der Waals surface area contributed by atoms with Crippen molar-refractivity contribution in [2.45, 2.75) is 130 Å². The van der Waals surface area contributed by atoms with Gasteiger partial charge in [-0.3, -0.25) is 0 Å². The normalized spacial score (nSPS) is 15.3. The topological polar surface area (TPSA) is 0 Å². The largest absolute Gasteiger partial charge is 0.0654 e. The highest BCUT2D eigenvalue weighted by Gasteiger charge is 2.40. The van der Waals surface area contributed by atoms with Gasteiger partial charge in [0.05, 0.1) is 0 Å². The molecule has 0 radical (unpaired) electrons. The van der Waals surface area contributed by atoms with Crippen LogP contribution >= 0.6 is 0 Å². The number of unbranched alkanes of at least 4 members (excludes halogenated alkanes) is 10. The summed E-state index contributed by atoms with van der Waals surface area (Å²) < 4.78 is 0. The molecule has 0 N–H and O–H groups in total. The lowest BCUT2D eigenvalue weighted by atomic mass is 9.70. The summed E-state index contributed by atoms with van der Waals surface area (Å²) in [5.74, 6) is 0. The third kappa shape index (κ3) is 5.74. The van der Waals surface area contributed by atoms with Crippen LogP contribution in [0, 0.1) is 6.92 Å².